The summed E-state index contributed by atoms with van der Waals surface area (Å²) in [6.07, 6.45) is -0.342. The Hall–Kier alpha value is -3.13. The van der Waals surface area contributed by atoms with E-state index in [0.29, 0.717) is 24.7 Å². The smallest absolute Gasteiger partial charge is 0.340 e. The second kappa shape index (κ2) is 8.58. The Labute approximate surface area is 196 Å². The number of thiazole rings is 1. The van der Waals surface area contributed by atoms with Crippen molar-refractivity contribution in [1.82, 2.24) is 25.3 Å². The van der Waals surface area contributed by atoms with Gasteiger partial charge in [0.1, 0.15) is 5.69 Å². The number of hydrogen-bond donors (Lipinski definition) is 2. The van der Waals surface area contributed by atoms with E-state index in [0.717, 1.165) is 11.3 Å². The minimum absolute atomic E-state index is 0.0293. The first-order valence-corrected chi connectivity index (χ1v) is 12.4. The van der Waals surface area contributed by atoms with E-state index in [1.165, 1.54) is 24.5 Å². The molecule has 3 aromatic rings. The molecule has 34 heavy (non-hydrogen) atoms. The molecule has 3 aromatic heterocycles. The number of pyridine rings is 1. The maximum Gasteiger partial charge on any atom is 0.434 e. The molecule has 0 spiro atoms. The first kappa shape index (κ1) is 24.0. The van der Waals surface area contributed by atoms with Crippen LogP contribution in [0.15, 0.2) is 36.1 Å². The predicted octanol–water partition coefficient (Wildman–Crippen LogP) is 3.58. The molecule has 0 bridgehead atoms. The minimum atomic E-state index is -4.63. The summed E-state index contributed by atoms with van der Waals surface area (Å²) in [5, 5.41) is 4.25. The van der Waals surface area contributed by atoms with Crippen molar-refractivity contribution >= 4 is 32.4 Å². The zero-order valence-electron chi connectivity index (χ0n) is 17.9. The lowest BCUT2D eigenvalue weighted by Gasteiger charge is -2.24. The van der Waals surface area contributed by atoms with Crippen molar-refractivity contribution < 1.29 is 26.4 Å². The Balaban J connectivity index is 1.45. The average molecular weight is 513 g/mol. The van der Waals surface area contributed by atoms with E-state index >= 15 is 0 Å². The number of nitrogens with one attached hydrogen (secondary N) is 2. The van der Waals surface area contributed by atoms with Gasteiger partial charge in [-0.15, -0.1) is 11.3 Å². The third-order valence-corrected chi connectivity index (χ3v) is 7.69. The Morgan fingerprint density at radius 1 is 1.09 bits per heavy atom. The number of rotatable bonds is 7. The third-order valence-electron chi connectivity index (χ3n) is 4.98. The molecule has 1 fully saturated rings. The van der Waals surface area contributed by atoms with Crippen LogP contribution < -0.4 is 10.0 Å². The number of carbonyl (C=O) groups excluding carboxylic acids is 1. The van der Waals surface area contributed by atoms with Gasteiger partial charge in [-0.1, -0.05) is 0 Å². The Kier molecular flexibility index (Phi) is 6.06. The number of carbonyl (C=O) groups is 1. The van der Waals surface area contributed by atoms with Gasteiger partial charge in [0.05, 0.1) is 34.6 Å². The van der Waals surface area contributed by atoms with Gasteiger partial charge in [-0.3, -0.25) is 19.5 Å². The van der Waals surface area contributed by atoms with Gasteiger partial charge >= 0.3 is 6.18 Å². The van der Waals surface area contributed by atoms with E-state index in [4.69, 9.17) is 0 Å². The molecule has 1 amide bonds. The van der Waals surface area contributed by atoms with Crippen molar-refractivity contribution in [2.45, 2.75) is 43.7 Å². The van der Waals surface area contributed by atoms with E-state index in [9.17, 15) is 26.4 Å². The quantitative estimate of drug-likeness (QED) is 0.495. The van der Waals surface area contributed by atoms with Crippen LogP contribution in [-0.2, 0) is 21.7 Å². The maximum atomic E-state index is 12.9. The summed E-state index contributed by atoms with van der Waals surface area (Å²) in [5.41, 5.74) is -1.36. The first-order chi connectivity index (χ1) is 15.8. The number of hydrogen-bond acceptors (Lipinski definition) is 8. The molecule has 14 heteroatoms. The maximum absolute atomic E-state index is 12.9. The summed E-state index contributed by atoms with van der Waals surface area (Å²) in [4.78, 5) is 28.2. The molecular weight excluding hydrogens is 493 g/mol. The van der Waals surface area contributed by atoms with Gasteiger partial charge in [0.15, 0.2) is 10.8 Å². The third kappa shape index (κ3) is 5.33. The highest BCUT2D eigenvalue weighted by Gasteiger charge is 2.37. The predicted molar refractivity (Wildman–Crippen MR) is 118 cm³/mol. The summed E-state index contributed by atoms with van der Waals surface area (Å²) < 4.78 is 65.2. The number of nitrogens with zero attached hydrogens (tertiary/aromatic N) is 4. The van der Waals surface area contributed by atoms with Crippen LogP contribution in [0.5, 0.6) is 0 Å². The number of sulfonamides is 1. The second-order valence-electron chi connectivity index (χ2n) is 8.18. The van der Waals surface area contributed by atoms with Gasteiger partial charge in [0.2, 0.25) is 10.0 Å². The first-order valence-electron chi connectivity index (χ1n) is 10.0. The van der Waals surface area contributed by atoms with Gasteiger partial charge in [0, 0.05) is 17.1 Å². The van der Waals surface area contributed by atoms with Crippen molar-refractivity contribution in [2.75, 3.05) is 4.72 Å². The van der Waals surface area contributed by atoms with Crippen LogP contribution in [-0.4, -0.2) is 39.5 Å². The normalized spacial score (nSPS) is 14.6. The number of aromatic nitrogens is 4. The fraction of sp³-hybridized carbons (Fsp3) is 0.350. The second-order valence-corrected chi connectivity index (χ2v) is 11.0. The number of anilines is 1. The number of amides is 1. The van der Waals surface area contributed by atoms with E-state index in [1.54, 1.807) is 19.2 Å². The van der Waals surface area contributed by atoms with E-state index in [1.807, 2.05) is 0 Å². The summed E-state index contributed by atoms with van der Waals surface area (Å²) in [6, 6.07) is 2.78. The zero-order chi connectivity index (χ0) is 24.7. The molecule has 1 aliphatic carbocycles. The van der Waals surface area contributed by atoms with Crippen LogP contribution in [0.2, 0.25) is 0 Å². The summed E-state index contributed by atoms with van der Waals surface area (Å²) in [6.45, 7) is 3.40. The van der Waals surface area contributed by atoms with Crippen molar-refractivity contribution in [2.24, 2.45) is 0 Å². The summed E-state index contributed by atoms with van der Waals surface area (Å²) >= 11 is 1.11. The van der Waals surface area contributed by atoms with Crippen LogP contribution in [0.4, 0.5) is 18.3 Å². The molecule has 0 unspecified atom stereocenters. The fourth-order valence-electron chi connectivity index (χ4n) is 2.92. The minimum Gasteiger partial charge on any atom is -0.340 e. The topological polar surface area (TPSA) is 127 Å². The van der Waals surface area contributed by atoms with E-state index in [-0.39, 0.29) is 27.3 Å². The highest BCUT2D eigenvalue weighted by Crippen LogP contribution is 2.32. The average Bonchev–Trinajstić information content (AvgIpc) is 3.53. The molecule has 1 saturated carbocycles. The molecule has 180 valence electrons. The molecule has 2 N–H and O–H groups in total. The SMILES string of the molecule is CC(C)(NC(=O)c1ccc(-c2cncc(C(F)(F)F)n2)cn1)c1csc(NS(=O)(=O)C2CC2)n1. The zero-order valence-corrected chi connectivity index (χ0v) is 19.6. The largest absolute Gasteiger partial charge is 0.434 e. The number of alkyl halides is 3. The molecular formula is C20H19F3N6O3S2. The van der Waals surface area contributed by atoms with Crippen molar-refractivity contribution in [3.63, 3.8) is 0 Å². The Morgan fingerprint density at radius 3 is 2.44 bits per heavy atom. The lowest BCUT2D eigenvalue weighted by molar-refractivity contribution is -0.141. The van der Waals surface area contributed by atoms with Crippen LogP contribution >= 0.6 is 11.3 Å². The monoisotopic (exact) mass is 512 g/mol. The van der Waals surface area contributed by atoms with Gasteiger partial charge in [-0.05, 0) is 38.8 Å². The van der Waals surface area contributed by atoms with Crippen molar-refractivity contribution in [1.29, 1.82) is 0 Å². The highest BCUT2D eigenvalue weighted by molar-refractivity contribution is 7.93. The summed E-state index contributed by atoms with van der Waals surface area (Å²) in [5.74, 6) is -0.542. The van der Waals surface area contributed by atoms with Crippen molar-refractivity contribution in [3.8, 4) is 11.3 Å². The van der Waals surface area contributed by atoms with E-state index < -0.39 is 33.3 Å². The van der Waals surface area contributed by atoms with Crippen molar-refractivity contribution in [3.05, 3.63) is 53.2 Å². The summed E-state index contributed by atoms with van der Waals surface area (Å²) in [7, 11) is -3.45. The lowest BCUT2D eigenvalue weighted by atomic mass is 10.0. The molecule has 0 saturated heterocycles. The van der Waals surface area contributed by atoms with Crippen LogP contribution in [0.1, 0.15) is 48.6 Å². The highest BCUT2D eigenvalue weighted by atomic mass is 32.2. The van der Waals surface area contributed by atoms with Gasteiger partial charge in [-0.2, -0.15) is 13.2 Å². The molecule has 0 aliphatic heterocycles. The van der Waals surface area contributed by atoms with Gasteiger partial charge in [0.25, 0.3) is 5.91 Å². The standard InChI is InChI=1S/C20H19F3N6O3S2/c1-19(2,16-10-33-18(27-16)29-34(31,32)12-4-5-12)28-17(30)13-6-3-11(7-25-13)14-8-24-9-15(26-14)20(21,22)23/h3,6-10,12H,4-5H2,1-2H3,(H,27,29)(H,28,30). The van der Waals surface area contributed by atoms with Crippen LogP contribution in [0, 0.1) is 0 Å². The molecule has 0 aromatic carbocycles. The number of halogens is 3. The molecule has 0 radical (unpaired) electrons. The fourth-order valence-corrected chi connectivity index (χ4v) is 5.40. The van der Waals surface area contributed by atoms with E-state index in [2.05, 4.69) is 30.0 Å². The van der Waals surface area contributed by atoms with Crippen LogP contribution in [0.3, 0.4) is 0 Å². The lowest BCUT2D eigenvalue weighted by Crippen LogP contribution is -2.41. The molecule has 9 nitrogen and oxygen atoms in total. The molecule has 1 aliphatic rings. The Bertz CT molecular complexity index is 1320. The molecule has 0 atom stereocenters. The van der Waals surface area contributed by atoms with Gasteiger partial charge in [-0.25, -0.2) is 18.4 Å². The molecule has 4 rings (SSSR count). The molecule has 3 heterocycles. The van der Waals surface area contributed by atoms with Crippen LogP contribution in [0.25, 0.3) is 11.3 Å². The van der Waals surface area contributed by atoms with Gasteiger partial charge < -0.3 is 5.32 Å². The Morgan fingerprint density at radius 2 is 1.82 bits per heavy atom.